The Hall–Kier alpha value is -0.660. The Kier molecular flexibility index (Phi) is 4.71. The van der Waals surface area contributed by atoms with Crippen LogP contribution in [-0.4, -0.2) is 43.8 Å². The molecule has 0 saturated carbocycles. The van der Waals surface area contributed by atoms with Crippen LogP contribution < -0.4 is 5.14 Å². The number of hydrogen-bond acceptors (Lipinski definition) is 3. The van der Waals surface area contributed by atoms with E-state index in [1.165, 1.54) is 21.0 Å². The van der Waals surface area contributed by atoms with E-state index in [1.807, 2.05) is 12.1 Å². The average molecular weight is 318 g/mol. The van der Waals surface area contributed by atoms with E-state index in [2.05, 4.69) is 18.7 Å². The van der Waals surface area contributed by atoms with Crippen LogP contribution >= 0.6 is 11.6 Å². The molecule has 0 radical (unpaired) electrons. The smallest absolute Gasteiger partial charge is 0.276 e. The number of nitrogens with two attached hydrogens (primary N) is 1. The van der Waals surface area contributed by atoms with Crippen LogP contribution in [0.4, 0.5) is 0 Å². The first-order chi connectivity index (χ1) is 9.27. The van der Waals surface area contributed by atoms with Gasteiger partial charge in [0.1, 0.15) is 0 Å². The van der Waals surface area contributed by atoms with Gasteiger partial charge in [-0.25, -0.2) is 5.14 Å². The Balaban J connectivity index is 2.03. The van der Waals surface area contributed by atoms with Gasteiger partial charge in [0.05, 0.1) is 0 Å². The number of hydrogen-bond donors (Lipinski definition) is 1. The predicted octanol–water partition coefficient (Wildman–Crippen LogP) is 1.28. The number of benzene rings is 1. The number of piperazine rings is 1. The molecule has 0 aliphatic carbocycles. The summed E-state index contributed by atoms with van der Waals surface area (Å²) in [6.07, 6.45) is 0. The molecular weight excluding hydrogens is 298 g/mol. The molecule has 2 rings (SSSR count). The molecule has 5 nitrogen and oxygen atoms in total. The Morgan fingerprint density at radius 1 is 1.15 bits per heavy atom. The summed E-state index contributed by atoms with van der Waals surface area (Å²) in [5.41, 5.74) is 3.60. The van der Waals surface area contributed by atoms with Gasteiger partial charge in [0.15, 0.2) is 0 Å². The van der Waals surface area contributed by atoms with Gasteiger partial charge in [0.2, 0.25) is 0 Å². The number of rotatable bonds is 3. The molecule has 1 aromatic carbocycles. The second kappa shape index (κ2) is 5.99. The molecule has 1 aliphatic rings. The third kappa shape index (κ3) is 3.71. The molecule has 1 heterocycles. The first-order valence-electron chi connectivity index (χ1n) is 6.53. The van der Waals surface area contributed by atoms with Crippen molar-refractivity contribution in [1.29, 1.82) is 0 Å². The number of aryl methyl sites for hydroxylation is 2. The Labute approximate surface area is 125 Å². The number of nitrogens with zero attached hydrogens (tertiary/aromatic N) is 2. The Morgan fingerprint density at radius 2 is 1.65 bits per heavy atom. The summed E-state index contributed by atoms with van der Waals surface area (Å²) in [4.78, 5) is 2.24. The fraction of sp³-hybridized carbons (Fsp3) is 0.538. The van der Waals surface area contributed by atoms with Gasteiger partial charge in [-0.15, -0.1) is 0 Å². The van der Waals surface area contributed by atoms with Crippen LogP contribution in [0.25, 0.3) is 0 Å². The van der Waals surface area contributed by atoms with Gasteiger partial charge in [-0.05, 0) is 42.7 Å². The van der Waals surface area contributed by atoms with Gasteiger partial charge in [0.25, 0.3) is 10.2 Å². The molecule has 2 N–H and O–H groups in total. The zero-order valence-corrected chi connectivity index (χ0v) is 13.3. The second-order valence-electron chi connectivity index (χ2n) is 5.24. The van der Waals surface area contributed by atoms with Crippen molar-refractivity contribution in [2.75, 3.05) is 26.2 Å². The second-order valence-corrected chi connectivity index (χ2v) is 7.22. The van der Waals surface area contributed by atoms with Crippen LogP contribution in [0.1, 0.15) is 16.7 Å². The highest BCUT2D eigenvalue weighted by molar-refractivity contribution is 7.86. The van der Waals surface area contributed by atoms with Gasteiger partial charge >= 0.3 is 0 Å². The van der Waals surface area contributed by atoms with E-state index >= 15 is 0 Å². The SMILES string of the molecule is Cc1cc(Cl)cc(C)c1CN1CCN(S(N)(=O)=O)CC1. The molecule has 0 bridgehead atoms. The number of halogens is 1. The topological polar surface area (TPSA) is 66.6 Å². The fourth-order valence-corrected chi connectivity index (χ4v) is 3.56. The van der Waals surface area contributed by atoms with Gasteiger partial charge in [0, 0.05) is 37.7 Å². The van der Waals surface area contributed by atoms with E-state index in [0.717, 1.165) is 11.6 Å². The average Bonchev–Trinajstić information content (AvgIpc) is 2.33. The summed E-state index contributed by atoms with van der Waals surface area (Å²) in [5, 5.41) is 5.89. The third-order valence-corrected chi connectivity index (χ3v) is 5.04. The quantitative estimate of drug-likeness (QED) is 0.913. The maximum absolute atomic E-state index is 11.3. The van der Waals surface area contributed by atoms with E-state index in [0.29, 0.717) is 26.2 Å². The van der Waals surface area contributed by atoms with Crippen molar-refractivity contribution in [3.63, 3.8) is 0 Å². The lowest BCUT2D eigenvalue weighted by atomic mass is 10.0. The van der Waals surface area contributed by atoms with E-state index in [4.69, 9.17) is 16.7 Å². The molecular formula is C13H20ClN3O2S. The summed E-state index contributed by atoms with van der Waals surface area (Å²) >= 11 is 6.03. The lowest BCUT2D eigenvalue weighted by Gasteiger charge is -2.33. The van der Waals surface area contributed by atoms with Crippen molar-refractivity contribution in [3.8, 4) is 0 Å². The van der Waals surface area contributed by atoms with Crippen LogP contribution in [0.5, 0.6) is 0 Å². The Morgan fingerprint density at radius 3 is 2.10 bits per heavy atom. The molecule has 0 amide bonds. The van der Waals surface area contributed by atoms with E-state index < -0.39 is 10.2 Å². The minimum atomic E-state index is -3.55. The van der Waals surface area contributed by atoms with Gasteiger partial charge < -0.3 is 0 Å². The summed E-state index contributed by atoms with van der Waals surface area (Å²) in [7, 11) is -3.55. The van der Waals surface area contributed by atoms with Crippen LogP contribution in [0.3, 0.4) is 0 Å². The summed E-state index contributed by atoms with van der Waals surface area (Å²) < 4.78 is 23.9. The zero-order chi connectivity index (χ0) is 14.9. The van der Waals surface area contributed by atoms with Crippen molar-refractivity contribution in [3.05, 3.63) is 33.8 Å². The monoisotopic (exact) mass is 317 g/mol. The van der Waals surface area contributed by atoms with Crippen LogP contribution in [0.2, 0.25) is 5.02 Å². The molecule has 112 valence electrons. The molecule has 7 heteroatoms. The van der Waals surface area contributed by atoms with E-state index in [1.54, 1.807) is 0 Å². The van der Waals surface area contributed by atoms with Crippen molar-refractivity contribution in [2.24, 2.45) is 5.14 Å². The molecule has 20 heavy (non-hydrogen) atoms. The largest absolute Gasteiger partial charge is 0.296 e. The maximum atomic E-state index is 11.3. The van der Waals surface area contributed by atoms with Crippen molar-refractivity contribution in [2.45, 2.75) is 20.4 Å². The predicted molar refractivity (Wildman–Crippen MR) is 80.9 cm³/mol. The van der Waals surface area contributed by atoms with Gasteiger partial charge in [-0.3, -0.25) is 4.90 Å². The summed E-state index contributed by atoms with van der Waals surface area (Å²) in [5.74, 6) is 0. The fourth-order valence-electron chi connectivity index (χ4n) is 2.56. The van der Waals surface area contributed by atoms with Crippen LogP contribution in [0, 0.1) is 13.8 Å². The highest BCUT2D eigenvalue weighted by atomic mass is 35.5. The molecule has 0 aromatic heterocycles. The first kappa shape index (κ1) is 15.7. The highest BCUT2D eigenvalue weighted by Crippen LogP contribution is 2.22. The van der Waals surface area contributed by atoms with Gasteiger partial charge in [-0.1, -0.05) is 11.6 Å². The molecule has 1 aliphatic heterocycles. The van der Waals surface area contributed by atoms with Crippen molar-refractivity contribution in [1.82, 2.24) is 9.21 Å². The molecule has 1 saturated heterocycles. The first-order valence-corrected chi connectivity index (χ1v) is 8.41. The normalized spacial score (nSPS) is 18.4. The lowest BCUT2D eigenvalue weighted by Crippen LogP contribution is -2.50. The highest BCUT2D eigenvalue weighted by Gasteiger charge is 2.24. The molecule has 0 unspecified atom stereocenters. The minimum absolute atomic E-state index is 0.449. The van der Waals surface area contributed by atoms with Crippen LogP contribution in [0.15, 0.2) is 12.1 Å². The molecule has 1 fully saturated rings. The summed E-state index contributed by atoms with van der Waals surface area (Å²) in [6.45, 7) is 7.20. The lowest BCUT2D eigenvalue weighted by molar-refractivity contribution is 0.181. The van der Waals surface area contributed by atoms with Crippen molar-refractivity contribution >= 4 is 21.8 Å². The molecule has 0 spiro atoms. The molecule has 1 aromatic rings. The summed E-state index contributed by atoms with van der Waals surface area (Å²) in [6, 6.07) is 3.93. The maximum Gasteiger partial charge on any atom is 0.276 e. The van der Waals surface area contributed by atoms with Crippen LogP contribution in [-0.2, 0) is 16.8 Å². The van der Waals surface area contributed by atoms with E-state index in [-0.39, 0.29) is 0 Å². The minimum Gasteiger partial charge on any atom is -0.296 e. The van der Waals surface area contributed by atoms with Gasteiger partial charge in [-0.2, -0.15) is 12.7 Å². The molecule has 0 atom stereocenters. The van der Waals surface area contributed by atoms with Crippen molar-refractivity contribution < 1.29 is 8.42 Å². The third-order valence-electron chi connectivity index (χ3n) is 3.73. The standard InChI is InChI=1S/C13H20ClN3O2S/c1-10-7-12(14)8-11(2)13(10)9-16-3-5-17(6-4-16)20(15,18)19/h7-8H,3-6,9H2,1-2H3,(H2,15,18,19). The Bertz CT molecular complexity index is 573. The van der Waals surface area contributed by atoms with E-state index in [9.17, 15) is 8.42 Å². The zero-order valence-electron chi connectivity index (χ0n) is 11.8.